The Labute approximate surface area is 218 Å². The Balaban J connectivity index is 1.15. The van der Waals surface area contributed by atoms with Gasteiger partial charge in [-0.3, -0.25) is 4.79 Å². The lowest BCUT2D eigenvalue weighted by molar-refractivity contribution is -0.0570. The van der Waals surface area contributed by atoms with Gasteiger partial charge in [-0.2, -0.15) is 0 Å². The van der Waals surface area contributed by atoms with Gasteiger partial charge in [0, 0.05) is 17.3 Å². The van der Waals surface area contributed by atoms with Crippen molar-refractivity contribution >= 4 is 17.6 Å². The number of H-pyrrole nitrogens is 1. The number of carboxylic acids is 1. The van der Waals surface area contributed by atoms with Crippen molar-refractivity contribution in [2.45, 2.75) is 77.0 Å². The minimum atomic E-state index is -0.990. The maximum atomic E-state index is 13.6. The number of imidazole rings is 1. The van der Waals surface area contributed by atoms with Crippen molar-refractivity contribution in [2.75, 3.05) is 5.32 Å². The first kappa shape index (κ1) is 23.2. The van der Waals surface area contributed by atoms with Crippen molar-refractivity contribution in [1.82, 2.24) is 9.97 Å². The van der Waals surface area contributed by atoms with Gasteiger partial charge in [-0.1, -0.05) is 18.2 Å². The summed E-state index contributed by atoms with van der Waals surface area (Å²) in [4.78, 5) is 33.7. The van der Waals surface area contributed by atoms with Gasteiger partial charge >= 0.3 is 5.97 Å². The number of anilines is 1. The Hall–Kier alpha value is -2.89. The number of aromatic amines is 1. The molecule has 1 aromatic carbocycles. The second kappa shape index (κ2) is 8.57. The minimum absolute atomic E-state index is 0.205. The van der Waals surface area contributed by atoms with E-state index in [4.69, 9.17) is 4.98 Å². The molecule has 1 amide bonds. The highest BCUT2D eigenvalue weighted by Gasteiger charge is 2.50. The number of aromatic nitrogens is 2. The van der Waals surface area contributed by atoms with Crippen LogP contribution in [-0.2, 0) is 6.42 Å². The fourth-order valence-electron chi connectivity index (χ4n) is 9.18. The van der Waals surface area contributed by atoms with Crippen LogP contribution in [0.4, 0.5) is 5.69 Å². The number of aryl methyl sites for hydroxylation is 2. The number of nitrogens with zero attached hydrogens (tertiary/aromatic N) is 1. The van der Waals surface area contributed by atoms with Crippen LogP contribution in [0.1, 0.15) is 102 Å². The molecule has 8 rings (SSSR count). The molecule has 0 spiro atoms. The van der Waals surface area contributed by atoms with E-state index in [2.05, 4.69) is 22.5 Å². The van der Waals surface area contributed by atoms with Gasteiger partial charge in [0.15, 0.2) is 0 Å². The molecule has 3 unspecified atom stereocenters. The summed E-state index contributed by atoms with van der Waals surface area (Å²) < 4.78 is 0. The van der Waals surface area contributed by atoms with Crippen LogP contribution in [0.2, 0.25) is 0 Å². The third-order valence-electron chi connectivity index (χ3n) is 10.4. The lowest BCUT2D eigenvalue weighted by atomic mass is 9.48. The van der Waals surface area contributed by atoms with Crippen LogP contribution in [-0.4, -0.2) is 27.0 Å². The predicted molar refractivity (Wildman–Crippen MR) is 142 cm³/mol. The zero-order chi connectivity index (χ0) is 25.3. The van der Waals surface area contributed by atoms with Gasteiger partial charge in [-0.25, -0.2) is 9.78 Å². The van der Waals surface area contributed by atoms with Crippen LogP contribution in [0.5, 0.6) is 0 Å². The Kier molecular flexibility index (Phi) is 5.38. The van der Waals surface area contributed by atoms with Crippen molar-refractivity contribution in [1.29, 1.82) is 0 Å². The largest absolute Gasteiger partial charge is 0.478 e. The summed E-state index contributed by atoms with van der Waals surface area (Å²) in [5.41, 5.74) is 3.26. The number of amides is 1. The normalized spacial score (nSPS) is 34.8. The molecule has 1 heterocycles. The highest BCUT2D eigenvalue weighted by molar-refractivity contribution is 6.04. The molecule has 5 saturated carbocycles. The van der Waals surface area contributed by atoms with E-state index in [1.807, 2.05) is 0 Å². The minimum Gasteiger partial charge on any atom is -0.478 e. The molecule has 6 nitrogen and oxygen atoms in total. The van der Waals surface area contributed by atoms with Crippen LogP contribution >= 0.6 is 0 Å². The number of fused-ring (bicyclic) bond motifs is 2. The quantitative estimate of drug-likeness (QED) is 0.379. The van der Waals surface area contributed by atoms with E-state index in [0.717, 1.165) is 48.5 Å². The Bertz CT molecular complexity index is 1260. The van der Waals surface area contributed by atoms with Crippen molar-refractivity contribution in [3.63, 3.8) is 0 Å². The first-order valence-corrected chi connectivity index (χ1v) is 14.3. The highest BCUT2D eigenvalue weighted by atomic mass is 16.4. The highest BCUT2D eigenvalue weighted by Crippen LogP contribution is 2.61. The average molecular weight is 500 g/mol. The first-order valence-electron chi connectivity index (χ1n) is 14.3. The van der Waals surface area contributed by atoms with Crippen molar-refractivity contribution in [3.05, 3.63) is 58.7 Å². The summed E-state index contributed by atoms with van der Waals surface area (Å²) in [7, 11) is 0. The molecule has 0 saturated heterocycles. The number of aromatic carboxylic acids is 1. The van der Waals surface area contributed by atoms with Gasteiger partial charge in [0.05, 0.1) is 5.56 Å². The molecule has 0 radical (unpaired) electrons. The molecule has 6 heteroatoms. The van der Waals surface area contributed by atoms with E-state index < -0.39 is 5.97 Å². The molecule has 5 fully saturated rings. The number of allylic oxidation sites excluding steroid dienone is 2. The van der Waals surface area contributed by atoms with Gasteiger partial charge in [0.2, 0.25) is 0 Å². The molecule has 37 heavy (non-hydrogen) atoms. The van der Waals surface area contributed by atoms with Gasteiger partial charge in [0.1, 0.15) is 11.5 Å². The summed E-state index contributed by atoms with van der Waals surface area (Å²) in [6, 6.07) is 5.05. The Morgan fingerprint density at radius 2 is 1.78 bits per heavy atom. The van der Waals surface area contributed by atoms with E-state index in [-0.39, 0.29) is 11.5 Å². The van der Waals surface area contributed by atoms with Gasteiger partial charge < -0.3 is 15.4 Å². The molecule has 2 aromatic rings. The van der Waals surface area contributed by atoms with Crippen LogP contribution in [0.15, 0.2) is 30.4 Å². The number of carboxylic acid groups (broad SMARTS) is 1. The van der Waals surface area contributed by atoms with E-state index in [1.54, 1.807) is 25.1 Å². The molecule has 3 N–H and O–H groups in total. The first-order chi connectivity index (χ1) is 17.8. The van der Waals surface area contributed by atoms with Crippen molar-refractivity contribution in [3.8, 4) is 0 Å². The molecule has 0 aliphatic heterocycles. The molecule has 194 valence electrons. The molecule has 6 aliphatic rings. The number of hydrogen-bond acceptors (Lipinski definition) is 3. The molecule has 3 atom stereocenters. The monoisotopic (exact) mass is 499 g/mol. The summed E-state index contributed by atoms with van der Waals surface area (Å²) in [5, 5.41) is 12.5. The lowest BCUT2D eigenvalue weighted by Crippen LogP contribution is -2.46. The second-order valence-electron chi connectivity index (χ2n) is 13.0. The summed E-state index contributed by atoms with van der Waals surface area (Å²) in [6.07, 6.45) is 17.3. The third-order valence-corrected chi connectivity index (χ3v) is 10.4. The van der Waals surface area contributed by atoms with Gasteiger partial charge in [-0.05, 0) is 124 Å². The molecular weight excluding hydrogens is 462 g/mol. The molecule has 6 aliphatic carbocycles. The van der Waals surface area contributed by atoms with E-state index in [1.165, 1.54) is 44.9 Å². The smallest absolute Gasteiger partial charge is 0.336 e. The number of rotatable bonds is 7. The van der Waals surface area contributed by atoms with Crippen LogP contribution in [0.25, 0.3) is 0 Å². The predicted octanol–water partition coefficient (Wildman–Crippen LogP) is 6.50. The summed E-state index contributed by atoms with van der Waals surface area (Å²) in [5.74, 6) is 3.96. The third kappa shape index (κ3) is 4.13. The zero-order valence-corrected chi connectivity index (χ0v) is 21.6. The van der Waals surface area contributed by atoms with Gasteiger partial charge in [-0.15, -0.1) is 0 Å². The van der Waals surface area contributed by atoms with Crippen LogP contribution < -0.4 is 5.32 Å². The van der Waals surface area contributed by atoms with E-state index >= 15 is 0 Å². The number of nitrogens with one attached hydrogen (secondary N) is 2. The van der Waals surface area contributed by atoms with Gasteiger partial charge in [0.25, 0.3) is 5.91 Å². The zero-order valence-electron chi connectivity index (χ0n) is 21.6. The summed E-state index contributed by atoms with van der Waals surface area (Å²) >= 11 is 0. The van der Waals surface area contributed by atoms with Crippen molar-refractivity contribution < 1.29 is 14.7 Å². The molecule has 1 aromatic heterocycles. The van der Waals surface area contributed by atoms with Crippen LogP contribution in [0, 0.1) is 41.9 Å². The van der Waals surface area contributed by atoms with E-state index in [0.29, 0.717) is 40.1 Å². The lowest BCUT2D eigenvalue weighted by Gasteiger charge is -2.57. The van der Waals surface area contributed by atoms with Crippen molar-refractivity contribution in [2.24, 2.45) is 35.0 Å². The fourth-order valence-corrected chi connectivity index (χ4v) is 9.18. The van der Waals surface area contributed by atoms with E-state index in [9.17, 15) is 14.7 Å². The second-order valence-corrected chi connectivity index (χ2v) is 13.0. The number of hydrogen-bond donors (Lipinski definition) is 3. The summed E-state index contributed by atoms with van der Waals surface area (Å²) in [6.45, 7) is 1.77. The topological polar surface area (TPSA) is 95.1 Å². The fraction of sp³-hybridized carbons (Fsp3) is 0.581. The SMILES string of the molecule is Cc1ccc(NC(=O)c2nc(C3CC4C=CC3C4)[nH]c2CCC23CC4CC(CC(C4)C2)C3)cc1C(=O)O. The molecular formula is C31H37N3O3. The number of benzene rings is 1. The standard InChI is InChI=1S/C31H37N3O3/c1-17-2-5-23(13-24(17)30(36)37)32-29(35)27-26(33-28(34-27)25-12-18-3-4-22(25)11-18)6-7-31-14-19-8-20(15-31)10-21(9-19)16-31/h2-5,13,18-22,25H,6-12,14-16H2,1H3,(H,32,35)(H,33,34)(H,36,37). The van der Waals surface area contributed by atoms with Crippen LogP contribution in [0.3, 0.4) is 0 Å². The Morgan fingerprint density at radius 3 is 2.41 bits per heavy atom. The maximum Gasteiger partial charge on any atom is 0.336 e. The Morgan fingerprint density at radius 1 is 1.05 bits per heavy atom. The number of carbonyl (C=O) groups excluding carboxylic acids is 1. The maximum absolute atomic E-state index is 13.6. The average Bonchev–Trinajstić information content (AvgIpc) is 3.59. The number of carbonyl (C=O) groups is 2. The molecule has 6 bridgehead atoms.